The first kappa shape index (κ1) is 19.7. The van der Waals surface area contributed by atoms with Gasteiger partial charge in [-0.2, -0.15) is 0 Å². The van der Waals surface area contributed by atoms with Gasteiger partial charge in [0, 0.05) is 25.2 Å². The van der Waals surface area contributed by atoms with Gasteiger partial charge in [0.1, 0.15) is 22.9 Å². The largest absolute Gasteiger partial charge is 0.496 e. The van der Waals surface area contributed by atoms with Gasteiger partial charge in [-0.15, -0.1) is 0 Å². The summed E-state index contributed by atoms with van der Waals surface area (Å²) in [6, 6.07) is 11.2. The molecule has 2 heterocycles. The maximum atomic E-state index is 12.9. The van der Waals surface area contributed by atoms with Crippen molar-refractivity contribution in [2.24, 2.45) is 0 Å². The van der Waals surface area contributed by atoms with Crippen LogP contribution in [0.25, 0.3) is 16.6 Å². The van der Waals surface area contributed by atoms with Crippen molar-refractivity contribution in [3.05, 3.63) is 59.9 Å². The average Bonchev–Trinajstić information content (AvgIpc) is 2.82. The molecule has 1 aromatic heterocycles. The van der Waals surface area contributed by atoms with Gasteiger partial charge < -0.3 is 19.1 Å². The third kappa shape index (κ3) is 3.66. The molecule has 0 radical (unpaired) electrons. The molecule has 0 aliphatic carbocycles. The highest BCUT2D eigenvalue weighted by atomic mass is 16.5. The lowest BCUT2D eigenvalue weighted by atomic mass is 9.97. The van der Waals surface area contributed by atoms with Crippen LogP contribution in [0.4, 0.5) is 0 Å². The highest BCUT2D eigenvalue weighted by Gasteiger charge is 2.24. The molecule has 0 saturated heterocycles. The summed E-state index contributed by atoms with van der Waals surface area (Å²) in [6.45, 7) is 1.04. The lowest BCUT2D eigenvalue weighted by Gasteiger charge is -2.27. The maximum absolute atomic E-state index is 12.9. The number of aromatic nitrogens is 2. The van der Waals surface area contributed by atoms with Crippen molar-refractivity contribution in [2.75, 3.05) is 34.4 Å². The predicted octanol–water partition coefficient (Wildman–Crippen LogP) is 3.59. The van der Waals surface area contributed by atoms with E-state index in [4.69, 9.17) is 14.2 Å². The number of carbonyl (C=O) groups is 1. The number of rotatable bonds is 5. The van der Waals surface area contributed by atoms with E-state index in [1.165, 1.54) is 0 Å². The molecule has 2 aromatic carbocycles. The van der Waals surface area contributed by atoms with E-state index in [2.05, 4.69) is 9.97 Å². The number of nitrogens with zero attached hydrogens (tertiary/aromatic N) is 3. The first-order valence-electron chi connectivity index (χ1n) is 9.65. The second-order valence-electron chi connectivity index (χ2n) is 6.88. The molecule has 154 valence electrons. The van der Waals surface area contributed by atoms with E-state index in [1.54, 1.807) is 32.4 Å². The Morgan fingerprint density at radius 1 is 1.00 bits per heavy atom. The van der Waals surface area contributed by atoms with Crippen LogP contribution in [0, 0.1) is 0 Å². The Kier molecular flexibility index (Phi) is 5.52. The summed E-state index contributed by atoms with van der Waals surface area (Å²) in [5.74, 6) is 1.89. The number of hydrogen-bond donors (Lipinski definition) is 0. The lowest BCUT2D eigenvalue weighted by molar-refractivity contribution is 0.0767. The molecule has 3 aromatic rings. The summed E-state index contributed by atoms with van der Waals surface area (Å²) in [5, 5.41) is 0. The smallest absolute Gasteiger partial charge is 0.274 e. The van der Waals surface area contributed by atoms with E-state index < -0.39 is 0 Å². The summed E-state index contributed by atoms with van der Waals surface area (Å²) in [7, 11) is 4.84. The van der Waals surface area contributed by atoms with Gasteiger partial charge in [-0.25, -0.2) is 4.98 Å². The molecule has 1 amide bonds. The highest BCUT2D eigenvalue weighted by molar-refractivity contribution is 5.94. The molecule has 30 heavy (non-hydrogen) atoms. The first-order chi connectivity index (χ1) is 14.6. The van der Waals surface area contributed by atoms with Gasteiger partial charge in [0.05, 0.1) is 44.1 Å². The molecular weight excluding hydrogens is 382 g/mol. The average molecular weight is 405 g/mol. The fourth-order valence-electron chi connectivity index (χ4n) is 3.63. The number of benzene rings is 2. The van der Waals surface area contributed by atoms with Crippen molar-refractivity contribution in [1.82, 2.24) is 14.9 Å². The minimum atomic E-state index is -0.128. The molecule has 0 fully saturated rings. The van der Waals surface area contributed by atoms with Gasteiger partial charge in [-0.05, 0) is 24.1 Å². The van der Waals surface area contributed by atoms with Crippen molar-refractivity contribution < 1.29 is 19.0 Å². The van der Waals surface area contributed by atoms with Crippen molar-refractivity contribution in [3.63, 3.8) is 0 Å². The highest BCUT2D eigenvalue weighted by Crippen LogP contribution is 2.40. The zero-order valence-corrected chi connectivity index (χ0v) is 17.2. The Morgan fingerprint density at radius 2 is 1.70 bits per heavy atom. The third-order valence-corrected chi connectivity index (χ3v) is 5.20. The Bertz CT molecular complexity index is 1100. The van der Waals surface area contributed by atoms with E-state index in [0.29, 0.717) is 48.0 Å². The third-order valence-electron chi connectivity index (χ3n) is 5.20. The van der Waals surface area contributed by atoms with Gasteiger partial charge in [0.2, 0.25) is 0 Å². The van der Waals surface area contributed by atoms with E-state index >= 15 is 0 Å². The van der Waals surface area contributed by atoms with Crippen LogP contribution in [-0.4, -0.2) is 55.2 Å². The molecular formula is C23H23N3O4. The quantitative estimate of drug-likeness (QED) is 0.646. The fraction of sp³-hybridized carbons (Fsp3) is 0.261. The second-order valence-corrected chi connectivity index (χ2v) is 6.88. The van der Waals surface area contributed by atoms with Gasteiger partial charge >= 0.3 is 0 Å². The summed E-state index contributed by atoms with van der Waals surface area (Å²) >= 11 is 0. The minimum absolute atomic E-state index is 0.128. The van der Waals surface area contributed by atoms with Crippen LogP contribution >= 0.6 is 0 Å². The topological polar surface area (TPSA) is 73.8 Å². The molecule has 7 heteroatoms. The number of carbonyl (C=O) groups excluding carboxylic acids is 1. The van der Waals surface area contributed by atoms with Crippen molar-refractivity contribution >= 4 is 22.5 Å². The number of ether oxygens (including phenoxy) is 3. The van der Waals surface area contributed by atoms with E-state index in [1.807, 2.05) is 42.5 Å². The molecule has 0 unspecified atom stereocenters. The Morgan fingerprint density at radius 3 is 2.30 bits per heavy atom. The van der Waals surface area contributed by atoms with Crippen LogP contribution in [0.1, 0.15) is 22.5 Å². The SMILES string of the molecule is COc1cc(OC)c(C2=CCN(C(=O)c3cnc4ccccc4n3)CC2)c(OC)c1. The number of para-hydroxylation sites is 2. The summed E-state index contributed by atoms with van der Waals surface area (Å²) in [5.41, 5.74) is 3.79. The van der Waals surface area contributed by atoms with Crippen molar-refractivity contribution in [2.45, 2.75) is 6.42 Å². The summed E-state index contributed by atoms with van der Waals surface area (Å²) in [4.78, 5) is 23.5. The first-order valence-corrected chi connectivity index (χ1v) is 9.65. The summed E-state index contributed by atoms with van der Waals surface area (Å²) in [6.07, 6.45) is 4.24. The van der Waals surface area contributed by atoms with Crippen molar-refractivity contribution in [1.29, 1.82) is 0 Å². The Labute approximate surface area is 174 Å². The Hall–Kier alpha value is -3.61. The molecule has 0 bridgehead atoms. The van der Waals surface area contributed by atoms with Gasteiger partial charge in [-0.3, -0.25) is 9.78 Å². The molecule has 4 rings (SSSR count). The number of fused-ring (bicyclic) bond motifs is 1. The standard InChI is InChI=1S/C23H23N3O4/c1-28-16-12-20(29-2)22(21(13-16)30-3)15-8-10-26(11-9-15)23(27)19-14-24-17-6-4-5-7-18(17)25-19/h4-8,12-14H,9-11H2,1-3H3. The van der Waals surface area contributed by atoms with Gasteiger partial charge in [0.15, 0.2) is 0 Å². The molecule has 1 aliphatic heterocycles. The van der Waals surface area contributed by atoms with Crippen molar-refractivity contribution in [3.8, 4) is 17.2 Å². The maximum Gasteiger partial charge on any atom is 0.274 e. The molecule has 0 N–H and O–H groups in total. The van der Waals surface area contributed by atoms with E-state index in [9.17, 15) is 4.79 Å². The normalized spacial score (nSPS) is 13.7. The molecule has 1 aliphatic rings. The fourth-order valence-corrected chi connectivity index (χ4v) is 3.63. The zero-order chi connectivity index (χ0) is 21.1. The van der Waals surface area contributed by atoms with Gasteiger partial charge in [-0.1, -0.05) is 18.2 Å². The Balaban J connectivity index is 1.59. The monoisotopic (exact) mass is 405 g/mol. The van der Waals surface area contributed by atoms with E-state index in [0.717, 1.165) is 16.7 Å². The molecule has 0 saturated carbocycles. The van der Waals surface area contributed by atoms with E-state index in [-0.39, 0.29) is 5.91 Å². The number of hydrogen-bond acceptors (Lipinski definition) is 6. The second kappa shape index (κ2) is 8.41. The molecule has 0 atom stereocenters. The number of amides is 1. The predicted molar refractivity (Wildman–Crippen MR) is 114 cm³/mol. The van der Waals surface area contributed by atoms with Crippen LogP contribution < -0.4 is 14.2 Å². The summed E-state index contributed by atoms with van der Waals surface area (Å²) < 4.78 is 16.5. The lowest BCUT2D eigenvalue weighted by Crippen LogP contribution is -2.35. The van der Waals surface area contributed by atoms with Crippen LogP contribution in [0.5, 0.6) is 17.2 Å². The number of methoxy groups -OCH3 is 3. The van der Waals surface area contributed by atoms with Crippen LogP contribution in [0.2, 0.25) is 0 Å². The van der Waals surface area contributed by atoms with Crippen LogP contribution in [-0.2, 0) is 0 Å². The van der Waals surface area contributed by atoms with Crippen LogP contribution in [0.3, 0.4) is 0 Å². The van der Waals surface area contributed by atoms with Gasteiger partial charge in [0.25, 0.3) is 5.91 Å². The molecule has 7 nitrogen and oxygen atoms in total. The minimum Gasteiger partial charge on any atom is -0.496 e. The van der Waals surface area contributed by atoms with Crippen LogP contribution in [0.15, 0.2) is 48.7 Å². The zero-order valence-electron chi connectivity index (χ0n) is 17.2. The molecule has 0 spiro atoms.